The zero-order valence-electron chi connectivity index (χ0n) is 16.0. The minimum absolute atomic E-state index is 0.123. The number of hydrogen-bond acceptors (Lipinski definition) is 6. The molecule has 1 N–H and O–H groups in total. The number of methoxy groups -OCH3 is 4. The second-order valence-corrected chi connectivity index (χ2v) is 5.58. The summed E-state index contributed by atoms with van der Waals surface area (Å²) in [5.41, 5.74) is 0.762. The Balaban J connectivity index is 1.84. The minimum Gasteiger partial charge on any atom is -0.497 e. The van der Waals surface area contributed by atoms with Crippen molar-refractivity contribution in [2.24, 2.45) is 0 Å². The van der Waals surface area contributed by atoms with Crippen LogP contribution in [0.2, 0.25) is 0 Å². The molecule has 27 heavy (non-hydrogen) atoms. The molecule has 0 radical (unpaired) electrons. The van der Waals surface area contributed by atoms with Crippen LogP contribution in [0.25, 0.3) is 0 Å². The van der Waals surface area contributed by atoms with Gasteiger partial charge in [0.1, 0.15) is 18.1 Å². The minimum atomic E-state index is -0.123. The Morgan fingerprint density at radius 1 is 0.852 bits per heavy atom. The SMILES string of the molecule is COc1ccc(OCCNC(=O)Cc2cc(OC)c(OC)c(OC)c2)cc1. The normalized spacial score (nSPS) is 10.1. The molecule has 0 aromatic heterocycles. The summed E-state index contributed by atoms with van der Waals surface area (Å²) in [5.74, 6) is 2.89. The van der Waals surface area contributed by atoms with Gasteiger partial charge in [-0.1, -0.05) is 0 Å². The van der Waals surface area contributed by atoms with E-state index in [1.54, 1.807) is 19.2 Å². The first-order valence-electron chi connectivity index (χ1n) is 8.43. The highest BCUT2D eigenvalue weighted by Crippen LogP contribution is 2.38. The quantitative estimate of drug-likeness (QED) is 0.643. The standard InChI is InChI=1S/C20H25NO6/c1-23-15-5-7-16(8-6-15)27-10-9-21-19(22)13-14-11-17(24-2)20(26-4)18(12-14)25-3/h5-8,11-12H,9-10,13H2,1-4H3,(H,21,22). The van der Waals surface area contributed by atoms with E-state index in [1.807, 2.05) is 24.3 Å². The average molecular weight is 375 g/mol. The van der Waals surface area contributed by atoms with Crippen molar-refractivity contribution in [1.82, 2.24) is 5.32 Å². The van der Waals surface area contributed by atoms with Gasteiger partial charge in [0.05, 0.1) is 41.4 Å². The van der Waals surface area contributed by atoms with E-state index in [1.165, 1.54) is 21.3 Å². The number of rotatable bonds is 10. The van der Waals surface area contributed by atoms with Gasteiger partial charge in [-0.15, -0.1) is 0 Å². The second kappa shape index (κ2) is 10.2. The van der Waals surface area contributed by atoms with E-state index < -0.39 is 0 Å². The predicted molar refractivity (Wildman–Crippen MR) is 101 cm³/mol. The molecule has 2 aromatic carbocycles. The highest BCUT2D eigenvalue weighted by molar-refractivity contribution is 5.79. The zero-order valence-corrected chi connectivity index (χ0v) is 16.0. The Labute approximate surface area is 159 Å². The monoisotopic (exact) mass is 375 g/mol. The van der Waals surface area contributed by atoms with E-state index in [0.717, 1.165) is 17.1 Å². The van der Waals surface area contributed by atoms with E-state index in [9.17, 15) is 4.79 Å². The van der Waals surface area contributed by atoms with Crippen molar-refractivity contribution < 1.29 is 28.5 Å². The number of hydrogen-bond donors (Lipinski definition) is 1. The lowest BCUT2D eigenvalue weighted by molar-refractivity contribution is -0.120. The summed E-state index contributed by atoms with van der Waals surface area (Å²) in [5, 5.41) is 2.83. The van der Waals surface area contributed by atoms with Gasteiger partial charge >= 0.3 is 0 Å². The topological polar surface area (TPSA) is 75.3 Å². The third-order valence-electron chi connectivity index (χ3n) is 3.84. The fourth-order valence-corrected chi connectivity index (χ4v) is 2.52. The molecule has 2 aromatic rings. The number of carbonyl (C=O) groups excluding carboxylic acids is 1. The summed E-state index contributed by atoms with van der Waals surface area (Å²) in [7, 11) is 6.23. The molecule has 146 valence electrons. The summed E-state index contributed by atoms with van der Waals surface area (Å²) >= 11 is 0. The summed E-state index contributed by atoms with van der Waals surface area (Å²) in [6.45, 7) is 0.766. The molecule has 0 fully saturated rings. The molecule has 0 aliphatic carbocycles. The van der Waals surface area contributed by atoms with Gasteiger partial charge in [-0.2, -0.15) is 0 Å². The van der Waals surface area contributed by atoms with Crippen LogP contribution in [0.3, 0.4) is 0 Å². The molecule has 0 unspecified atom stereocenters. The van der Waals surface area contributed by atoms with Gasteiger partial charge in [0.2, 0.25) is 11.7 Å². The molecule has 7 heteroatoms. The van der Waals surface area contributed by atoms with Gasteiger partial charge in [-0.3, -0.25) is 4.79 Å². The fraction of sp³-hybridized carbons (Fsp3) is 0.350. The van der Waals surface area contributed by atoms with Gasteiger partial charge < -0.3 is 29.0 Å². The molecule has 0 aliphatic rings. The number of amides is 1. The third-order valence-corrected chi connectivity index (χ3v) is 3.84. The van der Waals surface area contributed by atoms with Gasteiger partial charge in [0, 0.05) is 0 Å². The molecule has 0 saturated carbocycles. The van der Waals surface area contributed by atoms with Crippen molar-refractivity contribution in [1.29, 1.82) is 0 Å². The van der Waals surface area contributed by atoms with Crippen LogP contribution >= 0.6 is 0 Å². The lowest BCUT2D eigenvalue weighted by Crippen LogP contribution is -2.29. The maximum atomic E-state index is 12.2. The molecule has 0 saturated heterocycles. The summed E-state index contributed by atoms with van der Waals surface area (Å²) in [6, 6.07) is 10.8. The van der Waals surface area contributed by atoms with Crippen molar-refractivity contribution in [3.63, 3.8) is 0 Å². The smallest absolute Gasteiger partial charge is 0.224 e. The van der Waals surface area contributed by atoms with Gasteiger partial charge in [0.15, 0.2) is 11.5 Å². The van der Waals surface area contributed by atoms with Crippen molar-refractivity contribution in [3.8, 4) is 28.7 Å². The Morgan fingerprint density at radius 2 is 1.44 bits per heavy atom. The first-order chi connectivity index (χ1) is 13.1. The molecule has 0 aliphatic heterocycles. The van der Waals surface area contributed by atoms with Gasteiger partial charge in [-0.05, 0) is 42.0 Å². The van der Waals surface area contributed by atoms with Crippen LogP contribution in [0, 0.1) is 0 Å². The first-order valence-corrected chi connectivity index (χ1v) is 8.43. The van der Waals surface area contributed by atoms with Crippen LogP contribution in [-0.4, -0.2) is 47.5 Å². The molecule has 0 heterocycles. The maximum Gasteiger partial charge on any atom is 0.224 e. The van der Waals surface area contributed by atoms with Crippen LogP contribution in [0.5, 0.6) is 28.7 Å². The highest BCUT2D eigenvalue weighted by Gasteiger charge is 2.14. The Hall–Kier alpha value is -3.09. The van der Waals surface area contributed by atoms with E-state index in [2.05, 4.69) is 5.32 Å². The Kier molecular flexibility index (Phi) is 7.61. The fourth-order valence-electron chi connectivity index (χ4n) is 2.52. The zero-order chi connectivity index (χ0) is 19.6. The molecule has 0 spiro atoms. The summed E-state index contributed by atoms with van der Waals surface area (Å²) in [6.07, 6.45) is 0.194. The molecule has 0 atom stereocenters. The predicted octanol–water partition coefficient (Wildman–Crippen LogP) is 2.46. The van der Waals surface area contributed by atoms with Crippen LogP contribution < -0.4 is 29.0 Å². The van der Waals surface area contributed by atoms with Crippen LogP contribution in [-0.2, 0) is 11.2 Å². The lowest BCUT2D eigenvalue weighted by atomic mass is 10.1. The van der Waals surface area contributed by atoms with Crippen molar-refractivity contribution >= 4 is 5.91 Å². The number of nitrogens with one attached hydrogen (secondary N) is 1. The van der Waals surface area contributed by atoms with Crippen LogP contribution in [0.4, 0.5) is 0 Å². The molecule has 7 nitrogen and oxygen atoms in total. The molecular weight excluding hydrogens is 350 g/mol. The summed E-state index contributed by atoms with van der Waals surface area (Å²) < 4.78 is 26.6. The summed E-state index contributed by atoms with van der Waals surface area (Å²) in [4.78, 5) is 12.2. The molecule has 2 rings (SSSR count). The van der Waals surface area contributed by atoms with Crippen molar-refractivity contribution in [3.05, 3.63) is 42.0 Å². The van der Waals surface area contributed by atoms with Crippen LogP contribution in [0.15, 0.2) is 36.4 Å². The van der Waals surface area contributed by atoms with Crippen molar-refractivity contribution in [2.45, 2.75) is 6.42 Å². The van der Waals surface area contributed by atoms with E-state index in [4.69, 9.17) is 23.7 Å². The molecule has 1 amide bonds. The van der Waals surface area contributed by atoms with E-state index in [0.29, 0.717) is 30.4 Å². The van der Waals surface area contributed by atoms with E-state index >= 15 is 0 Å². The third kappa shape index (κ3) is 5.70. The Morgan fingerprint density at radius 3 is 1.96 bits per heavy atom. The largest absolute Gasteiger partial charge is 0.497 e. The Bertz CT molecular complexity index is 720. The van der Waals surface area contributed by atoms with Gasteiger partial charge in [-0.25, -0.2) is 0 Å². The molecule has 0 bridgehead atoms. The second-order valence-electron chi connectivity index (χ2n) is 5.58. The number of ether oxygens (including phenoxy) is 5. The maximum absolute atomic E-state index is 12.2. The van der Waals surface area contributed by atoms with Gasteiger partial charge in [0.25, 0.3) is 0 Å². The lowest BCUT2D eigenvalue weighted by Gasteiger charge is -2.14. The highest BCUT2D eigenvalue weighted by atomic mass is 16.5. The molecular formula is C20H25NO6. The number of benzene rings is 2. The number of carbonyl (C=O) groups is 1. The average Bonchev–Trinajstić information content (AvgIpc) is 2.70. The van der Waals surface area contributed by atoms with Crippen molar-refractivity contribution in [2.75, 3.05) is 41.6 Å². The first kappa shape index (κ1) is 20.2. The van der Waals surface area contributed by atoms with E-state index in [-0.39, 0.29) is 12.3 Å². The van der Waals surface area contributed by atoms with Crippen LogP contribution in [0.1, 0.15) is 5.56 Å².